The number of para-hydroxylation sites is 2. The molecule has 2 aromatic carbocycles. The first kappa shape index (κ1) is 16.8. The van der Waals surface area contributed by atoms with Gasteiger partial charge in [-0.05, 0) is 31.5 Å². The van der Waals surface area contributed by atoms with Gasteiger partial charge in [0.25, 0.3) is 0 Å². The zero-order valence-electron chi connectivity index (χ0n) is 14.3. The van der Waals surface area contributed by atoms with Gasteiger partial charge in [-0.2, -0.15) is 0 Å². The summed E-state index contributed by atoms with van der Waals surface area (Å²) in [5.41, 5.74) is 2.34. The van der Waals surface area contributed by atoms with Gasteiger partial charge in [-0.3, -0.25) is 0 Å². The summed E-state index contributed by atoms with van der Waals surface area (Å²) < 4.78 is 18.0. The Balaban J connectivity index is 1.88. The average Bonchev–Trinajstić information content (AvgIpc) is 2.63. The van der Waals surface area contributed by atoms with Gasteiger partial charge in [-0.25, -0.2) is 0 Å². The van der Waals surface area contributed by atoms with E-state index in [-0.39, 0.29) is 12.2 Å². The molecular weight excluding hydrogens is 302 g/mol. The highest BCUT2D eigenvalue weighted by molar-refractivity contribution is 5.40. The third-order valence-corrected chi connectivity index (χ3v) is 4.10. The quantitative estimate of drug-likeness (QED) is 0.881. The summed E-state index contributed by atoms with van der Waals surface area (Å²) in [6.45, 7) is 7.02. The number of ether oxygens (including phenoxy) is 3. The lowest BCUT2D eigenvalue weighted by Gasteiger charge is -2.32. The summed E-state index contributed by atoms with van der Waals surface area (Å²) in [6, 6.07) is 16.2. The molecule has 3 rings (SSSR count). The first-order valence-electron chi connectivity index (χ1n) is 8.55. The fourth-order valence-corrected chi connectivity index (χ4v) is 2.85. The summed E-state index contributed by atoms with van der Waals surface area (Å²) in [5, 5.41) is 3.39. The van der Waals surface area contributed by atoms with Crippen LogP contribution >= 0.6 is 0 Å². The van der Waals surface area contributed by atoms with Gasteiger partial charge < -0.3 is 19.5 Å². The Morgan fingerprint density at radius 3 is 2.54 bits per heavy atom. The molecule has 1 aliphatic heterocycles. The van der Waals surface area contributed by atoms with Crippen LogP contribution in [0.3, 0.4) is 0 Å². The van der Waals surface area contributed by atoms with E-state index >= 15 is 0 Å². The zero-order chi connectivity index (χ0) is 16.8. The summed E-state index contributed by atoms with van der Waals surface area (Å²) in [6.07, 6.45) is -0.212. The first-order chi connectivity index (χ1) is 11.8. The lowest BCUT2D eigenvalue weighted by molar-refractivity contribution is -0.0439. The van der Waals surface area contributed by atoms with Gasteiger partial charge in [0, 0.05) is 13.1 Å². The first-order valence-corrected chi connectivity index (χ1v) is 8.55. The van der Waals surface area contributed by atoms with Crippen molar-refractivity contribution in [3.63, 3.8) is 0 Å². The molecule has 4 nitrogen and oxygen atoms in total. The second-order valence-electron chi connectivity index (χ2n) is 5.94. The minimum absolute atomic E-state index is 0.0314. The number of hydrogen-bond acceptors (Lipinski definition) is 4. The fourth-order valence-electron chi connectivity index (χ4n) is 2.85. The second kappa shape index (κ2) is 8.18. The van der Waals surface area contributed by atoms with Gasteiger partial charge in [0.15, 0.2) is 17.6 Å². The smallest absolute Gasteiger partial charge is 0.162 e. The van der Waals surface area contributed by atoms with Crippen LogP contribution in [0.25, 0.3) is 0 Å². The normalized spacial score (nSPS) is 18.8. The van der Waals surface area contributed by atoms with Crippen LogP contribution < -0.4 is 14.8 Å². The van der Waals surface area contributed by atoms with Crippen molar-refractivity contribution < 1.29 is 14.2 Å². The Hall–Kier alpha value is -2.04. The molecule has 24 heavy (non-hydrogen) atoms. The van der Waals surface area contributed by atoms with Crippen LogP contribution in [0.1, 0.15) is 24.2 Å². The second-order valence-corrected chi connectivity index (χ2v) is 5.94. The van der Waals surface area contributed by atoms with Crippen molar-refractivity contribution in [3.8, 4) is 11.5 Å². The standard InChI is InChI=1S/C20H25NO3/c1-3-22-17-6-4-5-7-18(17)24-20(19-14-21-12-13-23-19)16-10-8-15(2)9-11-16/h4-11,19-21H,3,12-14H2,1-2H3/t19-,20-/m1/s1. The van der Waals surface area contributed by atoms with Crippen molar-refractivity contribution in [2.24, 2.45) is 0 Å². The number of nitrogens with one attached hydrogen (secondary N) is 1. The Morgan fingerprint density at radius 1 is 1.12 bits per heavy atom. The molecule has 2 aromatic rings. The van der Waals surface area contributed by atoms with Crippen LogP contribution in [0.5, 0.6) is 11.5 Å². The number of morpholine rings is 1. The highest BCUT2D eigenvalue weighted by atomic mass is 16.6. The van der Waals surface area contributed by atoms with Crippen molar-refractivity contribution in [3.05, 3.63) is 59.7 Å². The van der Waals surface area contributed by atoms with Crippen molar-refractivity contribution in [1.82, 2.24) is 5.32 Å². The molecule has 0 spiro atoms. The minimum Gasteiger partial charge on any atom is -0.490 e. The predicted octanol–water partition coefficient (Wildman–Crippen LogP) is 3.50. The molecule has 4 heteroatoms. The largest absolute Gasteiger partial charge is 0.490 e. The van der Waals surface area contributed by atoms with E-state index in [1.807, 2.05) is 31.2 Å². The van der Waals surface area contributed by atoms with E-state index in [0.717, 1.165) is 30.2 Å². The fraction of sp³-hybridized carbons (Fsp3) is 0.400. The molecule has 128 valence electrons. The molecule has 1 aliphatic rings. The zero-order valence-corrected chi connectivity index (χ0v) is 14.3. The van der Waals surface area contributed by atoms with E-state index in [4.69, 9.17) is 14.2 Å². The van der Waals surface area contributed by atoms with Crippen molar-refractivity contribution >= 4 is 0 Å². The molecule has 2 atom stereocenters. The summed E-state index contributed by atoms with van der Waals surface area (Å²) >= 11 is 0. The molecule has 1 heterocycles. The monoisotopic (exact) mass is 327 g/mol. The molecule has 0 unspecified atom stereocenters. The third kappa shape index (κ3) is 4.08. The Kier molecular flexibility index (Phi) is 5.72. The van der Waals surface area contributed by atoms with Gasteiger partial charge in [0.05, 0.1) is 13.2 Å². The maximum Gasteiger partial charge on any atom is 0.162 e. The van der Waals surface area contributed by atoms with Gasteiger partial charge in [-0.1, -0.05) is 42.0 Å². The van der Waals surface area contributed by atoms with Crippen LogP contribution in [-0.2, 0) is 4.74 Å². The molecule has 0 bridgehead atoms. The molecule has 1 saturated heterocycles. The van der Waals surface area contributed by atoms with Gasteiger partial charge in [-0.15, -0.1) is 0 Å². The molecular formula is C20H25NO3. The Morgan fingerprint density at radius 2 is 1.88 bits per heavy atom. The van der Waals surface area contributed by atoms with Crippen LogP contribution in [0.4, 0.5) is 0 Å². The average molecular weight is 327 g/mol. The molecule has 0 amide bonds. The molecule has 1 N–H and O–H groups in total. The molecule has 0 aliphatic carbocycles. The highest BCUT2D eigenvalue weighted by Gasteiger charge is 2.28. The lowest BCUT2D eigenvalue weighted by atomic mass is 10.0. The highest BCUT2D eigenvalue weighted by Crippen LogP contribution is 2.33. The number of benzene rings is 2. The van der Waals surface area contributed by atoms with Crippen molar-refractivity contribution in [2.75, 3.05) is 26.3 Å². The van der Waals surface area contributed by atoms with E-state index in [1.54, 1.807) is 0 Å². The number of rotatable bonds is 6. The lowest BCUT2D eigenvalue weighted by Crippen LogP contribution is -2.43. The maximum absolute atomic E-state index is 6.37. The third-order valence-electron chi connectivity index (χ3n) is 4.10. The number of hydrogen-bond donors (Lipinski definition) is 1. The molecule has 0 radical (unpaired) electrons. The van der Waals surface area contributed by atoms with E-state index < -0.39 is 0 Å². The number of aryl methyl sites for hydroxylation is 1. The Labute approximate surface area is 143 Å². The summed E-state index contributed by atoms with van der Waals surface area (Å²) in [5.74, 6) is 1.51. The molecule has 0 saturated carbocycles. The molecule has 1 fully saturated rings. The van der Waals surface area contributed by atoms with E-state index in [2.05, 4.69) is 36.5 Å². The summed E-state index contributed by atoms with van der Waals surface area (Å²) in [4.78, 5) is 0. The van der Waals surface area contributed by atoms with E-state index in [1.165, 1.54) is 5.56 Å². The summed E-state index contributed by atoms with van der Waals surface area (Å²) in [7, 11) is 0. The predicted molar refractivity (Wildman–Crippen MR) is 94.8 cm³/mol. The van der Waals surface area contributed by atoms with Crippen LogP contribution in [0.15, 0.2) is 48.5 Å². The van der Waals surface area contributed by atoms with Gasteiger partial charge in [0.1, 0.15) is 6.10 Å². The Bertz CT molecular complexity index is 636. The molecule has 0 aromatic heterocycles. The van der Waals surface area contributed by atoms with Gasteiger partial charge in [0.2, 0.25) is 0 Å². The van der Waals surface area contributed by atoms with Crippen LogP contribution in [-0.4, -0.2) is 32.4 Å². The van der Waals surface area contributed by atoms with Crippen molar-refractivity contribution in [2.45, 2.75) is 26.1 Å². The topological polar surface area (TPSA) is 39.7 Å². The SMILES string of the molecule is CCOc1ccccc1O[C@H](c1ccc(C)cc1)[C@H]1CNCCO1. The van der Waals surface area contributed by atoms with Gasteiger partial charge >= 0.3 is 0 Å². The minimum atomic E-state index is -0.181. The van der Waals surface area contributed by atoms with E-state index in [0.29, 0.717) is 13.2 Å². The van der Waals surface area contributed by atoms with Crippen LogP contribution in [0, 0.1) is 6.92 Å². The van der Waals surface area contributed by atoms with E-state index in [9.17, 15) is 0 Å². The van der Waals surface area contributed by atoms with Crippen LogP contribution in [0.2, 0.25) is 0 Å². The van der Waals surface area contributed by atoms with Crippen molar-refractivity contribution in [1.29, 1.82) is 0 Å². The maximum atomic E-state index is 6.37.